The van der Waals surface area contributed by atoms with Crippen molar-refractivity contribution in [3.8, 4) is 11.1 Å². The van der Waals surface area contributed by atoms with Crippen LogP contribution in [0.3, 0.4) is 0 Å². The van der Waals surface area contributed by atoms with Gasteiger partial charge in [0.05, 0.1) is 16.8 Å². The molecule has 0 saturated carbocycles. The van der Waals surface area contributed by atoms with Crippen LogP contribution in [-0.4, -0.2) is 9.78 Å². The van der Waals surface area contributed by atoms with Crippen molar-refractivity contribution in [3.63, 3.8) is 0 Å². The highest BCUT2D eigenvalue weighted by molar-refractivity contribution is 5.70. The van der Waals surface area contributed by atoms with Crippen molar-refractivity contribution in [1.82, 2.24) is 9.78 Å². The fraction of sp³-hybridized carbons (Fsp3) is 0.357. The van der Waals surface area contributed by atoms with Crippen molar-refractivity contribution >= 4 is 0 Å². The zero-order chi connectivity index (χ0) is 16.9. The molecule has 0 N–H and O–H groups in total. The molecule has 0 radical (unpaired) electrons. The fourth-order valence-electron chi connectivity index (χ4n) is 2.29. The monoisotopic (exact) mass is 322 g/mol. The molecule has 0 unspecified atom stereocenters. The van der Waals surface area contributed by atoms with Crippen LogP contribution in [0.15, 0.2) is 18.2 Å². The molecular formula is C14H12F6N2. The summed E-state index contributed by atoms with van der Waals surface area (Å²) >= 11 is 0. The number of rotatable bonds is 1. The van der Waals surface area contributed by atoms with Crippen LogP contribution in [0.2, 0.25) is 0 Å². The zero-order valence-corrected chi connectivity index (χ0v) is 11.9. The molecule has 0 fully saturated rings. The lowest BCUT2D eigenvalue weighted by atomic mass is 9.98. The predicted molar refractivity (Wildman–Crippen MR) is 68.1 cm³/mol. The van der Waals surface area contributed by atoms with Gasteiger partial charge in [0.1, 0.15) is 0 Å². The first-order valence-corrected chi connectivity index (χ1v) is 6.21. The minimum Gasteiger partial charge on any atom is -0.272 e. The van der Waals surface area contributed by atoms with E-state index in [0.29, 0.717) is 23.5 Å². The molecule has 1 aromatic carbocycles. The zero-order valence-electron chi connectivity index (χ0n) is 11.9. The van der Waals surface area contributed by atoms with Crippen LogP contribution >= 0.6 is 0 Å². The lowest BCUT2D eigenvalue weighted by molar-refractivity contribution is -0.143. The molecule has 2 rings (SSSR count). The molecule has 0 bridgehead atoms. The van der Waals surface area contributed by atoms with Gasteiger partial charge in [-0.25, -0.2) is 0 Å². The van der Waals surface area contributed by atoms with E-state index in [1.807, 2.05) is 0 Å². The number of aromatic nitrogens is 2. The van der Waals surface area contributed by atoms with E-state index in [1.165, 1.54) is 11.6 Å². The van der Waals surface area contributed by atoms with Crippen molar-refractivity contribution in [2.24, 2.45) is 7.05 Å². The second-order valence-electron chi connectivity index (χ2n) is 4.96. The number of hydrogen-bond donors (Lipinski definition) is 0. The molecule has 0 saturated heterocycles. The van der Waals surface area contributed by atoms with Gasteiger partial charge in [-0.15, -0.1) is 0 Å². The van der Waals surface area contributed by atoms with Gasteiger partial charge in [-0.1, -0.05) is 0 Å². The number of benzene rings is 1. The Labute approximate surface area is 122 Å². The maximum atomic E-state index is 12.9. The summed E-state index contributed by atoms with van der Waals surface area (Å²) in [5.74, 6) is 0. The van der Waals surface area contributed by atoms with Gasteiger partial charge in [-0.05, 0) is 37.6 Å². The van der Waals surface area contributed by atoms with Crippen LogP contribution in [0.5, 0.6) is 0 Å². The highest BCUT2D eigenvalue weighted by atomic mass is 19.4. The summed E-state index contributed by atoms with van der Waals surface area (Å²) in [6.45, 7) is 3.12. The Morgan fingerprint density at radius 1 is 0.864 bits per heavy atom. The molecule has 1 heterocycles. The van der Waals surface area contributed by atoms with Crippen molar-refractivity contribution in [2.75, 3.05) is 0 Å². The Hall–Kier alpha value is -1.99. The van der Waals surface area contributed by atoms with Gasteiger partial charge in [-0.3, -0.25) is 4.68 Å². The highest BCUT2D eigenvalue weighted by Crippen LogP contribution is 2.39. The molecule has 0 aliphatic rings. The van der Waals surface area contributed by atoms with Crippen LogP contribution in [0.4, 0.5) is 26.3 Å². The maximum Gasteiger partial charge on any atom is 0.416 e. The highest BCUT2D eigenvalue weighted by Gasteiger charge is 2.37. The summed E-state index contributed by atoms with van der Waals surface area (Å²) < 4.78 is 78.6. The minimum absolute atomic E-state index is 0.116. The number of halogens is 6. The summed E-state index contributed by atoms with van der Waals surface area (Å²) in [5, 5.41) is 4.02. The van der Waals surface area contributed by atoms with Crippen LogP contribution in [-0.2, 0) is 19.4 Å². The average Bonchev–Trinajstić information content (AvgIpc) is 2.60. The Bertz CT molecular complexity index is 677. The van der Waals surface area contributed by atoms with Gasteiger partial charge in [0.2, 0.25) is 0 Å². The Balaban J connectivity index is 2.76. The van der Waals surface area contributed by atoms with E-state index < -0.39 is 23.5 Å². The number of alkyl halides is 6. The van der Waals surface area contributed by atoms with E-state index in [-0.39, 0.29) is 17.2 Å². The summed E-state index contributed by atoms with van der Waals surface area (Å²) in [5.41, 5.74) is -1.68. The predicted octanol–water partition coefficient (Wildman–Crippen LogP) is 4.74. The van der Waals surface area contributed by atoms with Crippen LogP contribution in [0.25, 0.3) is 11.1 Å². The molecule has 22 heavy (non-hydrogen) atoms. The Kier molecular flexibility index (Phi) is 3.75. The Morgan fingerprint density at radius 2 is 1.32 bits per heavy atom. The van der Waals surface area contributed by atoms with Gasteiger partial charge in [0.25, 0.3) is 0 Å². The SMILES string of the molecule is Cc1nn(C)c(C)c1-c1cc(C(F)(F)F)cc(C(F)(F)F)c1. The normalized spacial score (nSPS) is 12.8. The van der Waals surface area contributed by atoms with E-state index in [9.17, 15) is 26.3 Å². The van der Waals surface area contributed by atoms with Crippen molar-refractivity contribution < 1.29 is 26.3 Å². The van der Waals surface area contributed by atoms with E-state index in [2.05, 4.69) is 5.10 Å². The molecule has 2 nitrogen and oxygen atoms in total. The fourth-order valence-corrected chi connectivity index (χ4v) is 2.29. The first kappa shape index (κ1) is 16.4. The van der Waals surface area contributed by atoms with Gasteiger partial charge in [0.15, 0.2) is 0 Å². The summed E-state index contributed by atoms with van der Waals surface area (Å²) in [6.07, 6.45) is -9.72. The molecule has 0 aliphatic heterocycles. The van der Waals surface area contributed by atoms with Crippen LogP contribution < -0.4 is 0 Å². The largest absolute Gasteiger partial charge is 0.416 e. The van der Waals surface area contributed by atoms with Gasteiger partial charge in [-0.2, -0.15) is 31.4 Å². The summed E-state index contributed by atoms with van der Waals surface area (Å²) in [7, 11) is 1.57. The molecule has 120 valence electrons. The second kappa shape index (κ2) is 5.03. The lowest BCUT2D eigenvalue weighted by Gasteiger charge is -2.14. The molecule has 0 aliphatic carbocycles. The van der Waals surface area contributed by atoms with E-state index in [4.69, 9.17) is 0 Å². The van der Waals surface area contributed by atoms with Crippen molar-refractivity contribution in [1.29, 1.82) is 0 Å². The molecule has 0 spiro atoms. The molecule has 0 atom stereocenters. The molecule has 1 aromatic heterocycles. The lowest BCUT2D eigenvalue weighted by Crippen LogP contribution is -2.11. The van der Waals surface area contributed by atoms with Crippen LogP contribution in [0, 0.1) is 13.8 Å². The van der Waals surface area contributed by atoms with Crippen molar-refractivity contribution in [3.05, 3.63) is 40.7 Å². The van der Waals surface area contributed by atoms with Gasteiger partial charge in [0, 0.05) is 18.3 Å². The van der Waals surface area contributed by atoms with E-state index in [0.717, 1.165) is 0 Å². The standard InChI is InChI=1S/C14H12F6N2/c1-7-12(8(2)22(3)21-7)9-4-10(13(15,16)17)6-11(5-9)14(18,19)20/h4-6H,1-3H3. The maximum absolute atomic E-state index is 12.9. The minimum atomic E-state index is -4.86. The number of aryl methyl sites for hydroxylation is 2. The summed E-state index contributed by atoms with van der Waals surface area (Å²) in [4.78, 5) is 0. The topological polar surface area (TPSA) is 17.8 Å². The van der Waals surface area contributed by atoms with E-state index >= 15 is 0 Å². The third-order valence-electron chi connectivity index (χ3n) is 3.39. The van der Waals surface area contributed by atoms with Gasteiger partial charge < -0.3 is 0 Å². The summed E-state index contributed by atoms with van der Waals surface area (Å²) in [6, 6.07) is 1.54. The Morgan fingerprint density at radius 3 is 1.64 bits per heavy atom. The number of nitrogens with zero attached hydrogens (tertiary/aromatic N) is 2. The third kappa shape index (κ3) is 2.95. The quantitative estimate of drug-likeness (QED) is 0.693. The van der Waals surface area contributed by atoms with Crippen molar-refractivity contribution in [2.45, 2.75) is 26.2 Å². The van der Waals surface area contributed by atoms with Gasteiger partial charge >= 0.3 is 12.4 Å². The molecule has 2 aromatic rings. The first-order valence-electron chi connectivity index (χ1n) is 6.21. The number of hydrogen-bond acceptors (Lipinski definition) is 1. The molecule has 8 heteroatoms. The first-order chi connectivity index (χ1) is 9.91. The van der Waals surface area contributed by atoms with Crippen LogP contribution in [0.1, 0.15) is 22.5 Å². The smallest absolute Gasteiger partial charge is 0.272 e. The third-order valence-corrected chi connectivity index (χ3v) is 3.39. The second-order valence-corrected chi connectivity index (χ2v) is 4.96. The molecule has 0 amide bonds. The molecular weight excluding hydrogens is 310 g/mol. The van der Waals surface area contributed by atoms with E-state index in [1.54, 1.807) is 14.0 Å². The average molecular weight is 322 g/mol.